The zero-order valence-corrected chi connectivity index (χ0v) is 27.9. The summed E-state index contributed by atoms with van der Waals surface area (Å²) in [6.07, 6.45) is 3.31. The van der Waals surface area contributed by atoms with Crippen molar-refractivity contribution in [1.82, 2.24) is 29.3 Å². The summed E-state index contributed by atoms with van der Waals surface area (Å²) in [7, 11) is 0. The number of hydrogen-bond acceptors (Lipinski definition) is 8. The van der Waals surface area contributed by atoms with Crippen LogP contribution in [0.2, 0.25) is 5.02 Å². The van der Waals surface area contributed by atoms with Crippen molar-refractivity contribution in [2.24, 2.45) is 0 Å². The average molecular weight is 640 g/mol. The second-order valence-electron chi connectivity index (χ2n) is 12.8. The van der Waals surface area contributed by atoms with Crippen LogP contribution in [0.15, 0.2) is 41.2 Å². The molecule has 2 aliphatic heterocycles. The van der Waals surface area contributed by atoms with Gasteiger partial charge in [-0.15, -0.1) is 0 Å². The van der Waals surface area contributed by atoms with Crippen molar-refractivity contribution in [2.75, 3.05) is 37.6 Å². The number of fused-ring (bicyclic) bond motifs is 1. The van der Waals surface area contributed by atoms with Gasteiger partial charge in [-0.05, 0) is 88.0 Å². The van der Waals surface area contributed by atoms with Crippen molar-refractivity contribution in [1.29, 1.82) is 10.7 Å². The maximum Gasteiger partial charge on any atom is 0.329 e. The minimum absolute atomic E-state index is 0.201. The number of nitriles is 1. The molecule has 0 aliphatic carbocycles. The Balaban J connectivity index is 1.15. The van der Waals surface area contributed by atoms with Crippen LogP contribution in [0.5, 0.6) is 0 Å². The van der Waals surface area contributed by atoms with Gasteiger partial charge >= 0.3 is 5.69 Å². The minimum atomic E-state index is -0.306. The SMILES string of the molecule is CC[C@H]1CN(c2nc3c(nc2C)[nH]c(=O)n3Cc2ccc(Cl)cc2C#N)CCN1C1CCN(Cc2ccc(C)cc2C(C)=N)CC1. The van der Waals surface area contributed by atoms with Gasteiger partial charge < -0.3 is 10.3 Å². The lowest BCUT2D eigenvalue weighted by Gasteiger charge is -2.47. The number of aromatic amines is 1. The zero-order chi connectivity index (χ0) is 32.5. The van der Waals surface area contributed by atoms with Gasteiger partial charge in [0.2, 0.25) is 0 Å². The van der Waals surface area contributed by atoms with Crippen LogP contribution in [0, 0.1) is 30.6 Å². The smallest absolute Gasteiger partial charge is 0.329 e. The first-order chi connectivity index (χ1) is 22.1. The number of halogens is 1. The molecule has 0 unspecified atom stereocenters. The second-order valence-corrected chi connectivity index (χ2v) is 13.2. The molecular weight excluding hydrogens is 598 g/mol. The van der Waals surface area contributed by atoms with Gasteiger partial charge in [-0.25, -0.2) is 14.8 Å². The predicted octanol–water partition coefficient (Wildman–Crippen LogP) is 5.26. The Morgan fingerprint density at radius 2 is 1.83 bits per heavy atom. The second kappa shape index (κ2) is 13.4. The van der Waals surface area contributed by atoms with Gasteiger partial charge in [0.05, 0.1) is 23.9 Å². The third kappa shape index (κ3) is 6.45. The van der Waals surface area contributed by atoms with E-state index in [0.29, 0.717) is 45.2 Å². The summed E-state index contributed by atoms with van der Waals surface area (Å²) in [5, 5.41) is 18.3. The van der Waals surface area contributed by atoms with E-state index in [0.717, 1.165) is 75.6 Å². The molecule has 4 aromatic rings. The van der Waals surface area contributed by atoms with Crippen LogP contribution >= 0.6 is 11.6 Å². The molecule has 240 valence electrons. The van der Waals surface area contributed by atoms with Crippen molar-refractivity contribution in [3.05, 3.63) is 85.4 Å². The fraction of sp³-hybridized carbons (Fsp3) is 0.457. The molecule has 2 aromatic heterocycles. The van der Waals surface area contributed by atoms with Crippen molar-refractivity contribution in [3.63, 3.8) is 0 Å². The number of H-pyrrole nitrogens is 1. The van der Waals surface area contributed by atoms with Gasteiger partial charge in [0.1, 0.15) is 0 Å². The molecule has 4 heterocycles. The van der Waals surface area contributed by atoms with E-state index in [2.05, 4.69) is 57.8 Å². The first kappa shape index (κ1) is 31.9. The molecule has 0 bridgehead atoms. The zero-order valence-electron chi connectivity index (χ0n) is 27.1. The molecule has 6 rings (SSSR count). The molecule has 2 N–H and O–H groups in total. The Morgan fingerprint density at radius 1 is 1.07 bits per heavy atom. The number of anilines is 1. The van der Waals surface area contributed by atoms with Crippen LogP contribution in [0.4, 0.5) is 5.82 Å². The Bertz CT molecular complexity index is 1860. The molecular formula is C35H42ClN9O. The summed E-state index contributed by atoms with van der Waals surface area (Å²) < 4.78 is 1.56. The molecule has 2 aromatic carbocycles. The minimum Gasteiger partial charge on any atom is -0.352 e. The molecule has 0 saturated carbocycles. The summed E-state index contributed by atoms with van der Waals surface area (Å²) in [4.78, 5) is 33.2. The van der Waals surface area contributed by atoms with E-state index >= 15 is 0 Å². The quantitative estimate of drug-likeness (QED) is 0.252. The lowest BCUT2D eigenvalue weighted by molar-refractivity contribution is 0.0610. The van der Waals surface area contributed by atoms with Gasteiger partial charge in [0.15, 0.2) is 17.1 Å². The number of benzene rings is 2. The number of aromatic nitrogens is 4. The fourth-order valence-electron chi connectivity index (χ4n) is 7.18. The third-order valence-corrected chi connectivity index (χ3v) is 9.90. The summed E-state index contributed by atoms with van der Waals surface area (Å²) in [6.45, 7) is 14.0. The molecule has 2 fully saturated rings. The van der Waals surface area contributed by atoms with Gasteiger partial charge in [-0.2, -0.15) is 5.26 Å². The molecule has 0 amide bonds. The van der Waals surface area contributed by atoms with E-state index < -0.39 is 0 Å². The number of aryl methyl sites for hydroxylation is 2. The molecule has 11 heteroatoms. The summed E-state index contributed by atoms with van der Waals surface area (Å²) in [5.74, 6) is 0.806. The van der Waals surface area contributed by atoms with E-state index in [1.807, 2.05) is 13.8 Å². The monoisotopic (exact) mass is 639 g/mol. The molecule has 46 heavy (non-hydrogen) atoms. The molecule has 2 saturated heterocycles. The van der Waals surface area contributed by atoms with E-state index in [4.69, 9.17) is 27.0 Å². The lowest BCUT2D eigenvalue weighted by atomic mass is 9.96. The molecule has 0 spiro atoms. The van der Waals surface area contributed by atoms with E-state index in [1.165, 1.54) is 11.1 Å². The average Bonchev–Trinajstić information content (AvgIpc) is 3.35. The Kier molecular flexibility index (Phi) is 9.27. The number of likely N-dealkylation sites (tertiary alicyclic amines) is 1. The van der Waals surface area contributed by atoms with Crippen LogP contribution in [-0.4, -0.2) is 79.8 Å². The number of rotatable bonds is 8. The summed E-state index contributed by atoms with van der Waals surface area (Å²) in [6, 6.07) is 14.7. The van der Waals surface area contributed by atoms with Gasteiger partial charge in [-0.1, -0.05) is 42.3 Å². The number of piperidine rings is 1. The largest absolute Gasteiger partial charge is 0.352 e. The van der Waals surface area contributed by atoms with Crippen molar-refractivity contribution >= 4 is 34.4 Å². The van der Waals surface area contributed by atoms with Crippen molar-refractivity contribution < 1.29 is 0 Å². The highest BCUT2D eigenvalue weighted by atomic mass is 35.5. The first-order valence-electron chi connectivity index (χ1n) is 16.2. The Morgan fingerprint density at radius 3 is 2.54 bits per heavy atom. The topological polar surface area (TPSA) is 121 Å². The van der Waals surface area contributed by atoms with E-state index in [9.17, 15) is 10.1 Å². The van der Waals surface area contributed by atoms with Crippen LogP contribution in [0.25, 0.3) is 11.3 Å². The molecule has 1 atom stereocenters. The molecule has 10 nitrogen and oxygen atoms in total. The van der Waals surface area contributed by atoms with Gasteiger partial charge in [-0.3, -0.25) is 19.4 Å². The van der Waals surface area contributed by atoms with Crippen LogP contribution in [-0.2, 0) is 13.1 Å². The number of piperazine rings is 1. The summed E-state index contributed by atoms with van der Waals surface area (Å²) in [5.41, 5.74) is 6.70. The number of nitrogens with one attached hydrogen (secondary N) is 2. The normalized spacial score (nSPS) is 18.3. The van der Waals surface area contributed by atoms with Gasteiger partial charge in [0, 0.05) is 49.0 Å². The summed E-state index contributed by atoms with van der Waals surface area (Å²) >= 11 is 6.10. The van der Waals surface area contributed by atoms with Crippen LogP contribution in [0.3, 0.4) is 0 Å². The predicted molar refractivity (Wildman–Crippen MR) is 183 cm³/mol. The number of nitrogens with zero attached hydrogens (tertiary/aromatic N) is 7. The highest BCUT2D eigenvalue weighted by Crippen LogP contribution is 2.28. The highest BCUT2D eigenvalue weighted by molar-refractivity contribution is 6.30. The van der Waals surface area contributed by atoms with E-state index in [-0.39, 0.29) is 12.2 Å². The Labute approximate surface area is 275 Å². The maximum atomic E-state index is 13.0. The van der Waals surface area contributed by atoms with E-state index in [1.54, 1.807) is 22.8 Å². The fourth-order valence-corrected chi connectivity index (χ4v) is 7.35. The van der Waals surface area contributed by atoms with Crippen LogP contribution < -0.4 is 10.6 Å². The van der Waals surface area contributed by atoms with Gasteiger partial charge in [0.25, 0.3) is 0 Å². The molecule has 0 radical (unpaired) electrons. The van der Waals surface area contributed by atoms with Crippen LogP contribution in [0.1, 0.15) is 66.6 Å². The highest BCUT2D eigenvalue weighted by Gasteiger charge is 2.34. The number of hydrogen-bond donors (Lipinski definition) is 2. The van der Waals surface area contributed by atoms with Crippen molar-refractivity contribution in [3.8, 4) is 6.07 Å². The maximum absolute atomic E-state index is 13.0. The first-order valence-corrected chi connectivity index (χ1v) is 16.6. The lowest BCUT2D eigenvalue weighted by Crippen LogP contribution is -2.58. The molecule has 2 aliphatic rings. The standard InChI is InChI=1S/C35H42ClN9O/c1-5-29-21-43(14-15-44(29)30-10-12-42(13-11-30)19-26-7-6-22(2)16-31(26)23(3)38)33-24(4)39-32-34(41-33)45(35(46)40-32)20-25-8-9-28(36)17-27(25)18-37/h6-9,16-17,29-30,38H,5,10-15,19-21H2,1-4H3,(H,39,40,46)/t29-/m0/s1. The Hall–Kier alpha value is -4.04. The van der Waals surface area contributed by atoms with Crippen molar-refractivity contribution in [2.45, 2.75) is 72.1 Å². The number of imidazole rings is 1. The third-order valence-electron chi connectivity index (χ3n) is 9.66.